The molecule has 0 aliphatic rings. The Hall–Kier alpha value is -1.38. The van der Waals surface area contributed by atoms with Gasteiger partial charge in [0.2, 0.25) is 0 Å². The van der Waals surface area contributed by atoms with Crippen LogP contribution in [-0.2, 0) is 10.3 Å². The highest BCUT2D eigenvalue weighted by atomic mass is 32.2. The van der Waals surface area contributed by atoms with Crippen LogP contribution in [0.25, 0.3) is 0 Å². The summed E-state index contributed by atoms with van der Waals surface area (Å²) in [5, 5.41) is -0.479. The molecule has 0 aromatic heterocycles. The third-order valence-electron chi connectivity index (χ3n) is 1.03. The third kappa shape index (κ3) is 10.5. The lowest BCUT2D eigenvalue weighted by atomic mass is 10.3. The summed E-state index contributed by atoms with van der Waals surface area (Å²) in [6.07, 6.45) is 0. The molecule has 1 aromatic carbocycles. The molecule has 0 bridgehead atoms. The molecule has 0 heterocycles. The van der Waals surface area contributed by atoms with Gasteiger partial charge in [-0.25, -0.2) is 4.72 Å². The molecule has 1 aromatic rings. The van der Waals surface area contributed by atoms with Crippen molar-refractivity contribution in [2.45, 2.75) is 0 Å². The first-order valence-corrected chi connectivity index (χ1v) is 5.51. The van der Waals surface area contributed by atoms with Crippen molar-refractivity contribution in [3.05, 3.63) is 30.3 Å². The zero-order chi connectivity index (χ0) is 11.9. The van der Waals surface area contributed by atoms with Crippen LogP contribution in [0.1, 0.15) is 0 Å². The van der Waals surface area contributed by atoms with Crippen molar-refractivity contribution >= 4 is 33.3 Å². The molecule has 0 aliphatic carbocycles. The number of thiocarbonyl (C=S) groups is 1. The Morgan fingerprint density at radius 1 is 1.33 bits per heavy atom. The monoisotopic (exact) mass is 249 g/mol. The van der Waals surface area contributed by atoms with Crippen LogP contribution < -0.4 is 16.2 Å². The summed E-state index contributed by atoms with van der Waals surface area (Å²) in [5.74, 6) is 0. The van der Waals surface area contributed by atoms with Crippen LogP contribution in [0, 0.1) is 0 Å². The van der Waals surface area contributed by atoms with Gasteiger partial charge in [0.25, 0.3) is 0 Å². The molecule has 0 aliphatic heterocycles. The van der Waals surface area contributed by atoms with Gasteiger partial charge in [0.1, 0.15) is 0 Å². The molecule has 0 atom stereocenters. The zero-order valence-electron chi connectivity index (χ0n) is 7.62. The lowest BCUT2D eigenvalue weighted by Crippen LogP contribution is -2.33. The van der Waals surface area contributed by atoms with Crippen molar-refractivity contribution in [3.63, 3.8) is 0 Å². The Bertz CT molecular complexity index is 405. The number of para-hydroxylation sites is 1. The SMILES string of the molecule is NC(=S)NS(=O)(=O)O.Nc1ccccc1. The van der Waals surface area contributed by atoms with Gasteiger partial charge in [-0.3, -0.25) is 4.55 Å². The van der Waals surface area contributed by atoms with Crippen LogP contribution in [-0.4, -0.2) is 18.1 Å². The highest BCUT2D eigenvalue weighted by Crippen LogP contribution is 1.95. The van der Waals surface area contributed by atoms with Crippen LogP contribution in [0.5, 0.6) is 0 Å². The predicted octanol–water partition coefficient (Wildman–Crippen LogP) is -0.109. The molecule has 0 saturated heterocycles. The predicted molar refractivity (Wildman–Crippen MR) is 62.3 cm³/mol. The van der Waals surface area contributed by atoms with Crippen LogP contribution >= 0.6 is 12.2 Å². The maximum atomic E-state index is 9.72. The van der Waals surface area contributed by atoms with E-state index in [4.69, 9.17) is 10.3 Å². The molecule has 0 unspecified atom stereocenters. The van der Waals surface area contributed by atoms with E-state index in [1.165, 1.54) is 4.72 Å². The summed E-state index contributed by atoms with van der Waals surface area (Å²) in [6, 6.07) is 9.49. The van der Waals surface area contributed by atoms with Crippen LogP contribution in [0.4, 0.5) is 5.69 Å². The van der Waals surface area contributed by atoms with E-state index < -0.39 is 15.4 Å². The highest BCUT2D eigenvalue weighted by Gasteiger charge is 2.00. The maximum Gasteiger partial charge on any atom is 0.359 e. The molecule has 0 saturated carbocycles. The number of nitrogens with one attached hydrogen (secondary N) is 1. The first-order chi connectivity index (χ1) is 6.81. The Morgan fingerprint density at radius 3 is 1.93 bits per heavy atom. The molecule has 15 heavy (non-hydrogen) atoms. The Balaban J connectivity index is 0.000000262. The maximum absolute atomic E-state index is 9.72. The Kier molecular flexibility index (Phi) is 5.60. The number of benzene rings is 1. The van der Waals surface area contributed by atoms with E-state index in [1.807, 2.05) is 30.3 Å². The largest absolute Gasteiger partial charge is 0.399 e. The molecule has 8 heteroatoms. The van der Waals surface area contributed by atoms with Gasteiger partial charge in [-0.15, -0.1) is 0 Å². The smallest absolute Gasteiger partial charge is 0.359 e. The molecule has 6 N–H and O–H groups in total. The molecule has 84 valence electrons. The van der Waals surface area contributed by atoms with Crippen molar-refractivity contribution in [1.29, 1.82) is 0 Å². The lowest BCUT2D eigenvalue weighted by Gasteiger charge is -1.94. The lowest BCUT2D eigenvalue weighted by molar-refractivity contribution is 0.478. The van der Waals surface area contributed by atoms with Gasteiger partial charge in [0, 0.05) is 5.69 Å². The number of rotatable bonds is 1. The van der Waals surface area contributed by atoms with Crippen LogP contribution in [0.15, 0.2) is 30.3 Å². The Morgan fingerprint density at radius 2 is 1.80 bits per heavy atom. The van der Waals surface area contributed by atoms with Gasteiger partial charge in [0.05, 0.1) is 0 Å². The molecule has 0 spiro atoms. The van der Waals surface area contributed by atoms with Crippen LogP contribution in [0.3, 0.4) is 0 Å². The molecule has 0 fully saturated rings. The fraction of sp³-hybridized carbons (Fsp3) is 0. The van der Waals surface area contributed by atoms with Gasteiger partial charge >= 0.3 is 10.3 Å². The van der Waals surface area contributed by atoms with E-state index >= 15 is 0 Å². The van der Waals surface area contributed by atoms with Crippen molar-refractivity contribution in [2.75, 3.05) is 5.73 Å². The van der Waals surface area contributed by atoms with Crippen molar-refractivity contribution in [1.82, 2.24) is 4.72 Å². The summed E-state index contributed by atoms with van der Waals surface area (Å²) < 4.78 is 28.7. The summed E-state index contributed by atoms with van der Waals surface area (Å²) in [6.45, 7) is 0. The van der Waals surface area contributed by atoms with E-state index in [1.54, 1.807) is 0 Å². The molecule has 0 amide bonds. The minimum Gasteiger partial charge on any atom is -0.399 e. The Labute approximate surface area is 93.2 Å². The molecular formula is C7H11N3O3S2. The molecule has 1 rings (SSSR count). The number of nitrogen functional groups attached to an aromatic ring is 1. The van der Waals surface area contributed by atoms with E-state index in [2.05, 4.69) is 18.0 Å². The fourth-order valence-electron chi connectivity index (χ4n) is 0.580. The summed E-state index contributed by atoms with van der Waals surface area (Å²) >= 11 is 4.07. The number of hydrogen-bond acceptors (Lipinski definition) is 4. The number of nitrogens with two attached hydrogens (primary N) is 2. The van der Waals surface area contributed by atoms with Crippen LogP contribution in [0.2, 0.25) is 0 Å². The quantitative estimate of drug-likeness (QED) is 0.313. The van der Waals surface area contributed by atoms with E-state index in [0.717, 1.165) is 5.69 Å². The van der Waals surface area contributed by atoms with Gasteiger partial charge in [-0.05, 0) is 24.4 Å². The average Bonchev–Trinajstić information content (AvgIpc) is 2.01. The molecular weight excluding hydrogens is 238 g/mol. The van der Waals surface area contributed by atoms with Crippen molar-refractivity contribution in [2.24, 2.45) is 5.73 Å². The van der Waals surface area contributed by atoms with Gasteiger partial charge in [-0.1, -0.05) is 18.2 Å². The first-order valence-electron chi connectivity index (χ1n) is 3.66. The molecule has 6 nitrogen and oxygen atoms in total. The second-order valence-electron chi connectivity index (χ2n) is 2.35. The van der Waals surface area contributed by atoms with Gasteiger partial charge in [0.15, 0.2) is 5.11 Å². The molecule has 0 radical (unpaired) electrons. The first kappa shape index (κ1) is 13.6. The van der Waals surface area contributed by atoms with E-state index in [0.29, 0.717) is 0 Å². The highest BCUT2D eigenvalue weighted by molar-refractivity contribution is 7.87. The van der Waals surface area contributed by atoms with Crippen molar-refractivity contribution in [3.8, 4) is 0 Å². The summed E-state index contributed by atoms with van der Waals surface area (Å²) in [4.78, 5) is 0. The second kappa shape index (κ2) is 6.17. The third-order valence-corrected chi connectivity index (χ3v) is 1.74. The van der Waals surface area contributed by atoms with Gasteiger partial charge < -0.3 is 11.5 Å². The van der Waals surface area contributed by atoms with Crippen molar-refractivity contribution < 1.29 is 13.0 Å². The summed E-state index contributed by atoms with van der Waals surface area (Å²) in [5.41, 5.74) is 10.8. The van der Waals surface area contributed by atoms with E-state index in [-0.39, 0.29) is 0 Å². The minimum atomic E-state index is -4.24. The standard InChI is InChI=1S/C6H7N.CH4N2O3S2/c7-6-4-2-1-3-5-6;2-1(7)3-8(4,5)6/h1-5H,7H2;(H3,2,3,7)(H,4,5,6). The second-order valence-corrected chi connectivity index (χ2v) is 3.95. The normalized spacial score (nSPS) is 9.67. The number of anilines is 1. The van der Waals surface area contributed by atoms with E-state index in [9.17, 15) is 8.42 Å². The minimum absolute atomic E-state index is 0.479. The average molecular weight is 249 g/mol. The number of hydrogen-bond donors (Lipinski definition) is 4. The zero-order valence-corrected chi connectivity index (χ0v) is 9.25. The fourth-order valence-corrected chi connectivity index (χ4v) is 1.15. The summed E-state index contributed by atoms with van der Waals surface area (Å²) in [7, 11) is -4.24. The van der Waals surface area contributed by atoms with Gasteiger partial charge in [-0.2, -0.15) is 8.42 Å². The topological polar surface area (TPSA) is 118 Å².